The smallest absolute Gasteiger partial charge is 0.155 e. The number of hydrogen-bond donors (Lipinski definition) is 1. The fourth-order valence-electron chi connectivity index (χ4n) is 3.55. The van der Waals surface area contributed by atoms with Gasteiger partial charge in [0.15, 0.2) is 9.84 Å². The van der Waals surface area contributed by atoms with Gasteiger partial charge in [-0.25, -0.2) is 8.42 Å². The minimum absolute atomic E-state index is 0.123. The van der Waals surface area contributed by atoms with Crippen LogP contribution in [0.1, 0.15) is 50.6 Å². The lowest BCUT2D eigenvalue weighted by atomic mass is 10.0. The zero-order valence-corrected chi connectivity index (χ0v) is 13.9. The molecule has 21 heavy (non-hydrogen) atoms. The summed E-state index contributed by atoms with van der Waals surface area (Å²) < 4.78 is 25.7. The van der Waals surface area contributed by atoms with Gasteiger partial charge in [0, 0.05) is 6.04 Å². The van der Waals surface area contributed by atoms with Crippen LogP contribution in [0.3, 0.4) is 0 Å². The van der Waals surface area contributed by atoms with Gasteiger partial charge in [0.2, 0.25) is 0 Å². The number of nitrogens with one attached hydrogen (secondary N) is 1. The van der Waals surface area contributed by atoms with Crippen molar-refractivity contribution in [3.8, 4) is 0 Å². The van der Waals surface area contributed by atoms with E-state index in [2.05, 4.69) is 5.32 Å². The molecule has 2 atom stereocenters. The van der Waals surface area contributed by atoms with E-state index < -0.39 is 9.84 Å². The van der Waals surface area contributed by atoms with E-state index >= 15 is 0 Å². The molecule has 0 aromatic heterocycles. The van der Waals surface area contributed by atoms with Gasteiger partial charge in [-0.15, -0.1) is 0 Å². The lowest BCUT2D eigenvalue weighted by Gasteiger charge is -2.27. The third-order valence-corrected chi connectivity index (χ3v) is 7.11. The molecule has 0 radical (unpaired) electrons. The van der Waals surface area contributed by atoms with Crippen molar-refractivity contribution in [1.29, 1.82) is 0 Å². The molecule has 0 heterocycles. The van der Waals surface area contributed by atoms with E-state index in [9.17, 15) is 8.42 Å². The van der Waals surface area contributed by atoms with Crippen molar-refractivity contribution < 1.29 is 8.42 Å². The quantitative estimate of drug-likeness (QED) is 0.840. The van der Waals surface area contributed by atoms with Crippen molar-refractivity contribution in [1.82, 2.24) is 5.32 Å². The Hall–Kier alpha value is -0.870. The zero-order chi connectivity index (χ0) is 15.3. The second-order valence-electron chi connectivity index (χ2n) is 6.10. The van der Waals surface area contributed by atoms with Crippen LogP contribution in [-0.2, 0) is 9.84 Å². The van der Waals surface area contributed by atoms with Gasteiger partial charge in [-0.1, -0.05) is 50.1 Å². The maximum Gasteiger partial charge on any atom is 0.155 e. The van der Waals surface area contributed by atoms with Crippen molar-refractivity contribution in [3.63, 3.8) is 0 Å². The molecular weight excluding hydrogens is 282 g/mol. The SMILES string of the molecule is CCC(C(NC)c1ccccc1)S(=O)(=O)CC1CCCC1. The van der Waals surface area contributed by atoms with Gasteiger partial charge in [-0.2, -0.15) is 0 Å². The highest BCUT2D eigenvalue weighted by atomic mass is 32.2. The predicted molar refractivity (Wildman–Crippen MR) is 88.1 cm³/mol. The van der Waals surface area contributed by atoms with Crippen LogP contribution in [0.15, 0.2) is 30.3 Å². The second-order valence-corrected chi connectivity index (χ2v) is 8.37. The fourth-order valence-corrected chi connectivity index (χ4v) is 6.01. The number of sulfone groups is 1. The largest absolute Gasteiger partial charge is 0.312 e. The summed E-state index contributed by atoms with van der Waals surface area (Å²) in [6.07, 6.45) is 5.17. The Kier molecular flexibility index (Phi) is 5.82. The molecule has 2 rings (SSSR count). The molecule has 0 spiro atoms. The molecule has 0 saturated heterocycles. The minimum atomic E-state index is -3.08. The summed E-state index contributed by atoms with van der Waals surface area (Å²) in [6.45, 7) is 1.98. The predicted octanol–water partition coefficient (Wildman–Crippen LogP) is 3.33. The van der Waals surface area contributed by atoms with Gasteiger partial charge in [-0.05, 0) is 37.8 Å². The maximum atomic E-state index is 12.9. The van der Waals surface area contributed by atoms with E-state index in [0.29, 0.717) is 18.1 Å². The fraction of sp³-hybridized carbons (Fsp3) is 0.647. The molecule has 1 fully saturated rings. The number of benzene rings is 1. The first-order valence-corrected chi connectivity index (χ1v) is 9.73. The van der Waals surface area contributed by atoms with Crippen LogP contribution in [0.5, 0.6) is 0 Å². The molecule has 1 aromatic carbocycles. The molecule has 2 unspecified atom stereocenters. The zero-order valence-electron chi connectivity index (χ0n) is 13.1. The Balaban J connectivity index is 2.19. The van der Waals surface area contributed by atoms with Crippen LogP contribution >= 0.6 is 0 Å². The Labute approximate surface area is 129 Å². The number of rotatable bonds is 7. The summed E-state index contributed by atoms with van der Waals surface area (Å²) in [5, 5.41) is 2.88. The first-order chi connectivity index (χ1) is 10.1. The standard InChI is InChI=1S/C17H27NO2S/c1-3-16(17(18-2)15-11-5-4-6-12-15)21(19,20)13-14-9-7-8-10-14/h4-6,11-12,14,16-18H,3,7-10,13H2,1-2H3. The van der Waals surface area contributed by atoms with E-state index in [1.165, 1.54) is 12.8 Å². The molecule has 1 N–H and O–H groups in total. The van der Waals surface area contributed by atoms with E-state index in [1.54, 1.807) is 0 Å². The Morgan fingerprint density at radius 3 is 2.33 bits per heavy atom. The van der Waals surface area contributed by atoms with Crippen LogP contribution in [0.4, 0.5) is 0 Å². The number of hydrogen-bond acceptors (Lipinski definition) is 3. The van der Waals surface area contributed by atoms with E-state index in [1.807, 2.05) is 44.3 Å². The molecule has 3 nitrogen and oxygen atoms in total. The topological polar surface area (TPSA) is 46.2 Å². The molecule has 4 heteroatoms. The first-order valence-electron chi connectivity index (χ1n) is 8.02. The van der Waals surface area contributed by atoms with Crippen LogP contribution < -0.4 is 5.32 Å². The molecule has 0 aliphatic heterocycles. The third kappa shape index (κ3) is 4.07. The van der Waals surface area contributed by atoms with Gasteiger partial charge in [0.25, 0.3) is 0 Å². The van der Waals surface area contributed by atoms with Gasteiger partial charge in [0.05, 0.1) is 11.0 Å². The van der Waals surface area contributed by atoms with Crippen LogP contribution in [0, 0.1) is 5.92 Å². The second kappa shape index (κ2) is 7.41. The Bertz CT molecular complexity index is 521. The lowest BCUT2D eigenvalue weighted by Crippen LogP contribution is -2.37. The van der Waals surface area contributed by atoms with Crippen molar-refractivity contribution >= 4 is 9.84 Å². The average molecular weight is 309 g/mol. The summed E-state index contributed by atoms with van der Waals surface area (Å²) in [4.78, 5) is 0. The molecule has 118 valence electrons. The monoisotopic (exact) mass is 309 g/mol. The molecule has 1 aromatic rings. The molecule has 1 aliphatic carbocycles. The van der Waals surface area contributed by atoms with Gasteiger partial charge in [0.1, 0.15) is 0 Å². The van der Waals surface area contributed by atoms with E-state index in [4.69, 9.17) is 0 Å². The van der Waals surface area contributed by atoms with Crippen LogP contribution in [-0.4, -0.2) is 26.5 Å². The molecule has 1 aliphatic rings. The summed E-state index contributed by atoms with van der Waals surface area (Å²) in [6, 6.07) is 9.79. The molecular formula is C17H27NO2S. The first kappa shape index (κ1) is 16.5. The maximum absolute atomic E-state index is 12.9. The van der Waals surface area contributed by atoms with E-state index in [-0.39, 0.29) is 11.3 Å². The highest BCUT2D eigenvalue weighted by molar-refractivity contribution is 7.92. The molecule has 0 amide bonds. The molecule has 1 saturated carbocycles. The molecule has 0 bridgehead atoms. The Morgan fingerprint density at radius 1 is 1.19 bits per heavy atom. The summed E-state index contributed by atoms with van der Waals surface area (Å²) in [5.41, 5.74) is 1.06. The van der Waals surface area contributed by atoms with E-state index in [0.717, 1.165) is 18.4 Å². The van der Waals surface area contributed by atoms with Gasteiger partial charge < -0.3 is 5.32 Å². The summed E-state index contributed by atoms with van der Waals surface area (Å²) in [7, 11) is -1.23. The third-order valence-electron chi connectivity index (χ3n) is 4.65. The summed E-state index contributed by atoms with van der Waals surface area (Å²) >= 11 is 0. The average Bonchev–Trinajstić information content (AvgIpc) is 2.97. The highest BCUT2D eigenvalue weighted by Crippen LogP contribution is 2.31. The van der Waals surface area contributed by atoms with Crippen LogP contribution in [0.2, 0.25) is 0 Å². The van der Waals surface area contributed by atoms with Gasteiger partial charge >= 0.3 is 0 Å². The van der Waals surface area contributed by atoms with Crippen molar-refractivity contribution in [3.05, 3.63) is 35.9 Å². The highest BCUT2D eigenvalue weighted by Gasteiger charge is 2.34. The van der Waals surface area contributed by atoms with Crippen molar-refractivity contribution in [2.75, 3.05) is 12.8 Å². The van der Waals surface area contributed by atoms with Crippen molar-refractivity contribution in [2.24, 2.45) is 5.92 Å². The van der Waals surface area contributed by atoms with Gasteiger partial charge in [-0.3, -0.25) is 0 Å². The van der Waals surface area contributed by atoms with Crippen molar-refractivity contribution in [2.45, 2.75) is 50.3 Å². The van der Waals surface area contributed by atoms with Crippen LogP contribution in [0.25, 0.3) is 0 Å². The summed E-state index contributed by atoms with van der Waals surface area (Å²) in [5.74, 6) is 0.730. The Morgan fingerprint density at radius 2 is 1.81 bits per heavy atom. The normalized spacial score (nSPS) is 19.5. The lowest BCUT2D eigenvalue weighted by molar-refractivity contribution is 0.495. The minimum Gasteiger partial charge on any atom is -0.312 e.